The highest BCUT2D eigenvalue weighted by atomic mass is 32.1. The fourth-order valence-electron chi connectivity index (χ4n) is 1.94. The summed E-state index contributed by atoms with van der Waals surface area (Å²) in [5, 5.41) is 7.73. The molecule has 0 spiro atoms. The molecule has 4 heteroatoms. The van der Waals surface area contributed by atoms with Crippen molar-refractivity contribution in [2.45, 2.75) is 6.92 Å². The first-order valence-corrected chi connectivity index (χ1v) is 7.46. The zero-order valence-corrected chi connectivity index (χ0v) is 13.4. The maximum absolute atomic E-state index is 5.10. The van der Waals surface area contributed by atoms with Crippen molar-refractivity contribution in [3.05, 3.63) is 72.8 Å². The first kappa shape index (κ1) is 15.9. The lowest BCUT2D eigenvalue weighted by Gasteiger charge is -2.07. The molecule has 2 N–H and O–H groups in total. The molecule has 0 atom stereocenters. The molecule has 0 amide bonds. The Balaban J connectivity index is 2.03. The van der Waals surface area contributed by atoms with Crippen LogP contribution in [0.15, 0.2) is 72.4 Å². The minimum absolute atomic E-state index is 0.486. The number of thiocarbonyl (C=S) groups is 1. The molecule has 0 aliphatic heterocycles. The summed E-state index contributed by atoms with van der Waals surface area (Å²) in [6.45, 7) is 6.19. The van der Waals surface area contributed by atoms with E-state index in [-0.39, 0.29) is 0 Å². The highest BCUT2D eigenvalue weighted by molar-refractivity contribution is 7.80. The first-order valence-electron chi connectivity index (χ1n) is 7.05. The van der Waals surface area contributed by atoms with Gasteiger partial charge in [0.25, 0.3) is 0 Å². The van der Waals surface area contributed by atoms with E-state index in [9.17, 15) is 0 Å². The Morgan fingerprint density at radius 1 is 1.09 bits per heavy atom. The van der Waals surface area contributed by atoms with Gasteiger partial charge in [-0.1, -0.05) is 60.7 Å². The highest BCUT2D eigenvalue weighted by Gasteiger charge is 2.00. The summed E-state index contributed by atoms with van der Waals surface area (Å²) in [5.74, 6) is 0. The maximum Gasteiger partial charge on any atom is 0.187 e. The van der Waals surface area contributed by atoms with E-state index in [0.29, 0.717) is 11.7 Å². The maximum atomic E-state index is 5.10. The third-order valence-corrected chi connectivity index (χ3v) is 3.38. The van der Waals surface area contributed by atoms with Crippen LogP contribution in [0.4, 0.5) is 0 Å². The molecule has 0 saturated heterocycles. The molecule has 0 unspecified atom stereocenters. The normalized spacial score (nSPS) is 10.9. The SMILES string of the molecule is C=CCNC(=S)N/N=C(/C)c1ccc(-c2ccccc2)cc1. The lowest BCUT2D eigenvalue weighted by molar-refractivity contribution is 0.936. The summed E-state index contributed by atoms with van der Waals surface area (Å²) in [6, 6.07) is 18.6. The molecule has 0 aliphatic rings. The number of hydrogen-bond donors (Lipinski definition) is 2. The zero-order valence-electron chi connectivity index (χ0n) is 12.5. The lowest BCUT2D eigenvalue weighted by atomic mass is 10.0. The van der Waals surface area contributed by atoms with E-state index in [1.807, 2.05) is 25.1 Å². The van der Waals surface area contributed by atoms with Gasteiger partial charge in [0.1, 0.15) is 0 Å². The van der Waals surface area contributed by atoms with Gasteiger partial charge in [0.15, 0.2) is 5.11 Å². The van der Waals surface area contributed by atoms with Crippen LogP contribution in [0.5, 0.6) is 0 Å². The molecule has 22 heavy (non-hydrogen) atoms. The van der Waals surface area contributed by atoms with Gasteiger partial charge >= 0.3 is 0 Å². The smallest absolute Gasteiger partial charge is 0.187 e. The van der Waals surface area contributed by atoms with E-state index < -0.39 is 0 Å². The number of rotatable bonds is 5. The fourth-order valence-corrected chi connectivity index (χ4v) is 2.07. The van der Waals surface area contributed by atoms with Crippen LogP contribution in [0.25, 0.3) is 11.1 Å². The molecule has 2 aromatic rings. The van der Waals surface area contributed by atoms with Gasteiger partial charge in [0.05, 0.1) is 5.71 Å². The second-order valence-corrected chi connectivity index (χ2v) is 5.16. The number of nitrogens with zero attached hydrogens (tertiary/aromatic N) is 1. The van der Waals surface area contributed by atoms with Crippen LogP contribution in [0.3, 0.4) is 0 Å². The van der Waals surface area contributed by atoms with Crippen molar-refractivity contribution in [1.29, 1.82) is 0 Å². The first-order chi connectivity index (χ1) is 10.7. The van der Waals surface area contributed by atoms with Crippen molar-refractivity contribution in [2.75, 3.05) is 6.54 Å². The Hall–Kier alpha value is -2.46. The quantitative estimate of drug-likeness (QED) is 0.382. The van der Waals surface area contributed by atoms with Gasteiger partial charge in [-0.2, -0.15) is 5.10 Å². The standard InChI is InChI=1S/C18H19N3S/c1-3-13-19-18(22)21-20-14(2)15-9-11-17(12-10-15)16-7-5-4-6-8-16/h3-12H,1,13H2,2H3,(H2,19,21,22)/b20-14-. The van der Waals surface area contributed by atoms with Crippen LogP contribution < -0.4 is 10.7 Å². The summed E-state index contributed by atoms with van der Waals surface area (Å²) < 4.78 is 0. The van der Waals surface area contributed by atoms with Crippen LogP contribution in [-0.4, -0.2) is 17.4 Å². The average Bonchev–Trinajstić information content (AvgIpc) is 2.58. The molecule has 0 aromatic heterocycles. The summed E-state index contributed by atoms with van der Waals surface area (Å²) in [5.41, 5.74) is 7.15. The summed E-state index contributed by atoms with van der Waals surface area (Å²) >= 11 is 5.10. The molecule has 0 bridgehead atoms. The highest BCUT2D eigenvalue weighted by Crippen LogP contribution is 2.19. The van der Waals surface area contributed by atoms with Gasteiger partial charge in [0, 0.05) is 6.54 Å². The Bertz CT molecular complexity index is 660. The van der Waals surface area contributed by atoms with Crippen molar-refractivity contribution in [2.24, 2.45) is 5.10 Å². The van der Waals surface area contributed by atoms with Crippen molar-refractivity contribution in [1.82, 2.24) is 10.7 Å². The minimum atomic E-state index is 0.486. The Kier molecular flexibility index (Phi) is 5.86. The van der Waals surface area contributed by atoms with Crippen molar-refractivity contribution in [3.8, 4) is 11.1 Å². The molecule has 0 aliphatic carbocycles. The molecule has 0 saturated carbocycles. The summed E-state index contributed by atoms with van der Waals surface area (Å²) in [6.07, 6.45) is 1.74. The topological polar surface area (TPSA) is 36.4 Å². The van der Waals surface area contributed by atoms with Crippen LogP contribution >= 0.6 is 12.2 Å². The number of hydrogen-bond acceptors (Lipinski definition) is 2. The molecule has 3 nitrogen and oxygen atoms in total. The number of benzene rings is 2. The van der Waals surface area contributed by atoms with Crippen molar-refractivity contribution < 1.29 is 0 Å². The van der Waals surface area contributed by atoms with Crippen LogP contribution in [0.2, 0.25) is 0 Å². The van der Waals surface area contributed by atoms with Crippen LogP contribution in [0, 0.1) is 0 Å². The third-order valence-electron chi connectivity index (χ3n) is 3.14. The molecular formula is C18H19N3S. The Morgan fingerprint density at radius 2 is 1.73 bits per heavy atom. The van der Waals surface area contributed by atoms with E-state index in [0.717, 1.165) is 11.3 Å². The van der Waals surface area contributed by atoms with Crippen molar-refractivity contribution >= 4 is 23.0 Å². The molecule has 0 fully saturated rings. The Morgan fingerprint density at radius 3 is 2.36 bits per heavy atom. The van der Waals surface area contributed by atoms with Crippen LogP contribution in [0.1, 0.15) is 12.5 Å². The summed E-state index contributed by atoms with van der Waals surface area (Å²) in [4.78, 5) is 0. The second-order valence-electron chi connectivity index (χ2n) is 4.75. The second kappa shape index (κ2) is 8.10. The predicted molar refractivity (Wildman–Crippen MR) is 98.0 cm³/mol. The summed E-state index contributed by atoms with van der Waals surface area (Å²) in [7, 11) is 0. The third kappa shape index (κ3) is 4.53. The molecule has 0 radical (unpaired) electrons. The van der Waals surface area contributed by atoms with Gasteiger partial charge < -0.3 is 5.32 Å². The van der Waals surface area contributed by atoms with E-state index >= 15 is 0 Å². The lowest BCUT2D eigenvalue weighted by Crippen LogP contribution is -2.32. The van der Waals surface area contributed by atoms with Gasteiger partial charge in [-0.3, -0.25) is 5.43 Å². The van der Waals surface area contributed by atoms with Crippen LogP contribution in [-0.2, 0) is 0 Å². The fraction of sp³-hybridized carbons (Fsp3) is 0.111. The van der Waals surface area contributed by atoms with Gasteiger partial charge in [-0.25, -0.2) is 0 Å². The van der Waals surface area contributed by atoms with Gasteiger partial charge in [-0.05, 0) is 35.8 Å². The van der Waals surface area contributed by atoms with E-state index in [4.69, 9.17) is 12.2 Å². The number of nitrogens with one attached hydrogen (secondary N) is 2. The minimum Gasteiger partial charge on any atom is -0.358 e. The molecule has 112 valence electrons. The van der Waals surface area contributed by atoms with E-state index in [2.05, 4.69) is 58.8 Å². The van der Waals surface area contributed by atoms with Gasteiger partial charge in [-0.15, -0.1) is 6.58 Å². The monoisotopic (exact) mass is 309 g/mol. The van der Waals surface area contributed by atoms with Gasteiger partial charge in [0.2, 0.25) is 0 Å². The predicted octanol–water partition coefficient (Wildman–Crippen LogP) is 3.73. The average molecular weight is 309 g/mol. The molecule has 2 rings (SSSR count). The largest absolute Gasteiger partial charge is 0.358 e. The zero-order chi connectivity index (χ0) is 15.8. The number of hydrazone groups is 1. The van der Waals surface area contributed by atoms with Crippen molar-refractivity contribution in [3.63, 3.8) is 0 Å². The van der Waals surface area contributed by atoms with E-state index in [1.54, 1.807) is 6.08 Å². The Labute approximate surface area is 136 Å². The molecular weight excluding hydrogens is 290 g/mol. The molecule has 0 heterocycles. The molecule has 2 aromatic carbocycles. The van der Waals surface area contributed by atoms with E-state index in [1.165, 1.54) is 11.1 Å².